The molecule has 0 bridgehead atoms. The first kappa shape index (κ1) is 14.6. The number of rotatable bonds is 3. The maximum Gasteiger partial charge on any atom is 0.291 e. The Morgan fingerprint density at radius 3 is 2.83 bits per heavy atom. The molecule has 0 radical (unpaired) electrons. The average Bonchev–Trinajstić information content (AvgIpc) is 3.24. The Hall–Kier alpha value is -2.98. The van der Waals surface area contributed by atoms with E-state index in [-0.39, 0.29) is 11.7 Å². The third-order valence-corrected chi connectivity index (χ3v) is 3.99. The number of halogens is 1. The van der Waals surface area contributed by atoms with Gasteiger partial charge in [0.25, 0.3) is 5.91 Å². The summed E-state index contributed by atoms with van der Waals surface area (Å²) >= 11 is 5.99. The molecule has 0 unspecified atom stereocenters. The molecule has 0 aliphatic heterocycles. The van der Waals surface area contributed by atoms with Gasteiger partial charge in [0.2, 0.25) is 0 Å². The van der Waals surface area contributed by atoms with Crippen LogP contribution in [0.2, 0.25) is 5.02 Å². The van der Waals surface area contributed by atoms with Crippen molar-refractivity contribution in [1.29, 1.82) is 0 Å². The van der Waals surface area contributed by atoms with E-state index in [2.05, 4.69) is 10.3 Å². The van der Waals surface area contributed by atoms with Crippen molar-refractivity contribution in [3.05, 3.63) is 77.6 Å². The highest BCUT2D eigenvalue weighted by atomic mass is 35.5. The third kappa shape index (κ3) is 2.79. The minimum atomic E-state index is -0.293. The normalized spacial score (nSPS) is 10.9. The van der Waals surface area contributed by atoms with Gasteiger partial charge in [0.1, 0.15) is 5.76 Å². The van der Waals surface area contributed by atoms with Crippen molar-refractivity contribution in [1.82, 2.24) is 4.98 Å². The standard InChI is InChI=1S/C19H13ClN2O2/c20-14-3-1-2-13(10-14)17-6-7-18(24-17)19(23)22-15-4-5-16-12(11-15)8-9-21-16/h1-11,21H,(H,22,23). The molecule has 0 fully saturated rings. The number of nitrogens with one attached hydrogen (secondary N) is 2. The molecule has 4 rings (SSSR count). The van der Waals surface area contributed by atoms with Crippen LogP contribution in [-0.2, 0) is 0 Å². The highest BCUT2D eigenvalue weighted by Crippen LogP contribution is 2.25. The SMILES string of the molecule is O=C(Nc1ccc2[nH]ccc2c1)c1ccc(-c2cccc(Cl)c2)o1. The summed E-state index contributed by atoms with van der Waals surface area (Å²) in [6.45, 7) is 0. The highest BCUT2D eigenvalue weighted by Gasteiger charge is 2.13. The second-order valence-electron chi connectivity index (χ2n) is 5.41. The lowest BCUT2D eigenvalue weighted by Crippen LogP contribution is -2.10. The van der Waals surface area contributed by atoms with E-state index in [1.807, 2.05) is 42.6 Å². The van der Waals surface area contributed by atoms with Crippen molar-refractivity contribution in [2.24, 2.45) is 0 Å². The predicted molar refractivity (Wildman–Crippen MR) is 95.4 cm³/mol. The van der Waals surface area contributed by atoms with E-state index in [0.29, 0.717) is 16.5 Å². The van der Waals surface area contributed by atoms with Gasteiger partial charge in [-0.25, -0.2) is 0 Å². The van der Waals surface area contributed by atoms with Gasteiger partial charge in [-0.3, -0.25) is 4.79 Å². The number of furan rings is 1. The molecule has 4 nitrogen and oxygen atoms in total. The van der Waals surface area contributed by atoms with E-state index in [1.54, 1.807) is 24.3 Å². The topological polar surface area (TPSA) is 58.0 Å². The van der Waals surface area contributed by atoms with E-state index in [0.717, 1.165) is 16.5 Å². The summed E-state index contributed by atoms with van der Waals surface area (Å²) in [6, 6.07) is 18.3. The van der Waals surface area contributed by atoms with E-state index >= 15 is 0 Å². The van der Waals surface area contributed by atoms with Crippen LogP contribution in [0, 0.1) is 0 Å². The Kier molecular flexibility index (Phi) is 3.59. The maximum absolute atomic E-state index is 12.4. The van der Waals surface area contributed by atoms with Gasteiger partial charge in [-0.1, -0.05) is 23.7 Å². The zero-order valence-corrected chi connectivity index (χ0v) is 13.3. The molecule has 1 amide bonds. The molecule has 2 aromatic carbocycles. The monoisotopic (exact) mass is 336 g/mol. The first-order chi connectivity index (χ1) is 11.7. The van der Waals surface area contributed by atoms with Crippen molar-refractivity contribution in [3.8, 4) is 11.3 Å². The molecular weight excluding hydrogens is 324 g/mol. The first-order valence-electron chi connectivity index (χ1n) is 7.43. The van der Waals surface area contributed by atoms with E-state index in [4.69, 9.17) is 16.0 Å². The lowest BCUT2D eigenvalue weighted by atomic mass is 10.2. The number of aromatic nitrogens is 1. The number of hydrogen-bond acceptors (Lipinski definition) is 2. The lowest BCUT2D eigenvalue weighted by molar-refractivity contribution is 0.0997. The van der Waals surface area contributed by atoms with Crippen LogP contribution < -0.4 is 5.32 Å². The summed E-state index contributed by atoms with van der Waals surface area (Å²) in [5.41, 5.74) is 2.57. The van der Waals surface area contributed by atoms with Crippen LogP contribution in [0.4, 0.5) is 5.69 Å². The minimum absolute atomic E-state index is 0.249. The average molecular weight is 337 g/mol. The molecule has 2 heterocycles. The number of benzene rings is 2. The molecule has 4 aromatic rings. The first-order valence-corrected chi connectivity index (χ1v) is 7.81. The van der Waals surface area contributed by atoms with Crippen molar-refractivity contribution >= 4 is 34.1 Å². The summed E-state index contributed by atoms with van der Waals surface area (Å²) in [5, 5.41) is 4.50. The second-order valence-corrected chi connectivity index (χ2v) is 5.84. The molecular formula is C19H13ClN2O2. The maximum atomic E-state index is 12.4. The molecule has 0 saturated carbocycles. The molecule has 118 valence electrons. The van der Waals surface area contributed by atoms with Gasteiger partial charge in [0.15, 0.2) is 5.76 Å². The van der Waals surface area contributed by atoms with Crippen LogP contribution in [0.1, 0.15) is 10.6 Å². The molecule has 24 heavy (non-hydrogen) atoms. The quantitative estimate of drug-likeness (QED) is 0.531. The molecule has 0 spiro atoms. The lowest BCUT2D eigenvalue weighted by Gasteiger charge is -2.03. The van der Waals surface area contributed by atoms with Gasteiger partial charge >= 0.3 is 0 Å². The Labute approximate surface area is 143 Å². The molecule has 5 heteroatoms. The van der Waals surface area contributed by atoms with Gasteiger partial charge in [-0.15, -0.1) is 0 Å². The van der Waals surface area contributed by atoms with E-state index in [1.165, 1.54) is 0 Å². The summed E-state index contributed by atoms with van der Waals surface area (Å²) in [6.07, 6.45) is 1.86. The number of carbonyl (C=O) groups is 1. The Bertz CT molecular complexity index is 1030. The Morgan fingerprint density at radius 2 is 1.96 bits per heavy atom. The van der Waals surface area contributed by atoms with E-state index < -0.39 is 0 Å². The van der Waals surface area contributed by atoms with Gasteiger partial charge < -0.3 is 14.7 Å². The summed E-state index contributed by atoms with van der Waals surface area (Å²) in [4.78, 5) is 15.5. The summed E-state index contributed by atoms with van der Waals surface area (Å²) < 4.78 is 5.65. The number of amides is 1. The van der Waals surface area contributed by atoms with Crippen molar-refractivity contribution in [2.75, 3.05) is 5.32 Å². The van der Waals surface area contributed by atoms with Crippen LogP contribution >= 0.6 is 11.6 Å². The zero-order valence-electron chi connectivity index (χ0n) is 12.5. The molecule has 2 aromatic heterocycles. The number of hydrogen-bond donors (Lipinski definition) is 2. The number of aromatic amines is 1. The van der Waals surface area contributed by atoms with Crippen molar-refractivity contribution < 1.29 is 9.21 Å². The van der Waals surface area contributed by atoms with Gasteiger partial charge in [-0.2, -0.15) is 0 Å². The highest BCUT2D eigenvalue weighted by molar-refractivity contribution is 6.30. The minimum Gasteiger partial charge on any atom is -0.451 e. The predicted octanol–water partition coefficient (Wildman–Crippen LogP) is 5.33. The second kappa shape index (κ2) is 5.91. The number of carbonyl (C=O) groups excluding carboxylic acids is 1. The fourth-order valence-electron chi connectivity index (χ4n) is 2.58. The van der Waals surface area contributed by atoms with Crippen LogP contribution in [0.5, 0.6) is 0 Å². The molecule has 0 aliphatic rings. The molecule has 0 saturated heterocycles. The third-order valence-electron chi connectivity index (χ3n) is 3.75. The van der Waals surface area contributed by atoms with Crippen LogP contribution in [0.3, 0.4) is 0 Å². The van der Waals surface area contributed by atoms with E-state index in [9.17, 15) is 4.79 Å². The van der Waals surface area contributed by atoms with Crippen LogP contribution in [0.25, 0.3) is 22.2 Å². The van der Waals surface area contributed by atoms with Crippen molar-refractivity contribution in [2.45, 2.75) is 0 Å². The Balaban J connectivity index is 1.56. The van der Waals surface area contributed by atoms with Crippen LogP contribution in [0.15, 0.2) is 71.3 Å². The number of fused-ring (bicyclic) bond motifs is 1. The van der Waals surface area contributed by atoms with Crippen molar-refractivity contribution in [3.63, 3.8) is 0 Å². The fraction of sp³-hybridized carbons (Fsp3) is 0. The summed E-state index contributed by atoms with van der Waals surface area (Å²) in [7, 11) is 0. The molecule has 0 aliphatic carbocycles. The number of anilines is 1. The molecule has 0 atom stereocenters. The van der Waals surface area contributed by atoms with Gasteiger partial charge in [0.05, 0.1) is 0 Å². The Morgan fingerprint density at radius 1 is 1.04 bits per heavy atom. The van der Waals surface area contributed by atoms with Gasteiger partial charge in [-0.05, 0) is 48.5 Å². The van der Waals surface area contributed by atoms with Gasteiger partial charge in [0, 0.05) is 33.4 Å². The fourth-order valence-corrected chi connectivity index (χ4v) is 2.77. The summed E-state index contributed by atoms with van der Waals surface area (Å²) in [5.74, 6) is 0.557. The largest absolute Gasteiger partial charge is 0.451 e. The zero-order chi connectivity index (χ0) is 16.5. The molecule has 2 N–H and O–H groups in total. The van der Waals surface area contributed by atoms with Crippen LogP contribution in [-0.4, -0.2) is 10.9 Å². The number of H-pyrrole nitrogens is 1. The smallest absolute Gasteiger partial charge is 0.291 e.